The second kappa shape index (κ2) is 6.36. The zero-order valence-electron chi connectivity index (χ0n) is 13.4. The Morgan fingerprint density at radius 1 is 1.22 bits per heavy atom. The normalized spacial score (nSPS) is 18.0. The molecule has 0 amide bonds. The molecule has 5 heteroatoms. The number of aryl methyl sites for hydroxylation is 1. The third-order valence-corrected chi connectivity index (χ3v) is 4.24. The molecule has 1 heterocycles. The van der Waals surface area contributed by atoms with Gasteiger partial charge >= 0.3 is 5.97 Å². The fourth-order valence-electron chi connectivity index (χ4n) is 3.02. The van der Waals surface area contributed by atoms with Crippen molar-refractivity contribution in [1.29, 1.82) is 0 Å². The van der Waals surface area contributed by atoms with Gasteiger partial charge in [0.25, 0.3) is 0 Å². The summed E-state index contributed by atoms with van der Waals surface area (Å²) < 4.78 is 7.19. The van der Waals surface area contributed by atoms with Gasteiger partial charge in [-0.05, 0) is 45.2 Å². The molecule has 23 heavy (non-hydrogen) atoms. The summed E-state index contributed by atoms with van der Waals surface area (Å²) in [6.07, 6.45) is 2.33. The van der Waals surface area contributed by atoms with E-state index in [1.165, 1.54) is 0 Å². The zero-order valence-corrected chi connectivity index (χ0v) is 13.4. The summed E-state index contributed by atoms with van der Waals surface area (Å²) in [5.74, 6) is -0.433. The lowest BCUT2D eigenvalue weighted by molar-refractivity contribution is -0.129. The predicted molar refractivity (Wildman–Crippen MR) is 85.7 cm³/mol. The van der Waals surface area contributed by atoms with Crippen LogP contribution in [-0.2, 0) is 9.53 Å². The Bertz CT molecular complexity index is 734. The lowest BCUT2D eigenvalue weighted by Gasteiger charge is -2.20. The monoisotopic (exact) mass is 312 g/mol. The number of benzene rings is 1. The first-order valence-corrected chi connectivity index (χ1v) is 7.93. The second-order valence-corrected chi connectivity index (χ2v) is 5.90. The minimum atomic E-state index is -0.602. The number of carbonyl (C=O) groups excluding carboxylic acids is 2. The molecule has 0 unspecified atom stereocenters. The maximum absolute atomic E-state index is 12.5. The van der Waals surface area contributed by atoms with Gasteiger partial charge in [0.15, 0.2) is 11.9 Å². The van der Waals surface area contributed by atoms with Crippen LogP contribution in [0.4, 0.5) is 0 Å². The molecule has 5 nitrogen and oxygen atoms in total. The Morgan fingerprint density at radius 3 is 2.65 bits per heavy atom. The number of nitrogens with zero attached hydrogens (tertiary/aromatic N) is 2. The number of aromatic nitrogens is 2. The number of Topliss-reactive ketones (excluding diaryl/α,β-unsaturated/α-hetero) is 1. The Hall–Kier alpha value is -2.43. The van der Waals surface area contributed by atoms with Crippen LogP contribution in [0.25, 0.3) is 5.69 Å². The van der Waals surface area contributed by atoms with Gasteiger partial charge in [-0.2, -0.15) is 5.10 Å². The highest BCUT2D eigenvalue weighted by Gasteiger charge is 2.29. The van der Waals surface area contributed by atoms with E-state index in [0.717, 1.165) is 24.2 Å². The molecule has 1 aliphatic carbocycles. The molecule has 0 spiro atoms. The molecule has 0 radical (unpaired) electrons. The molecule has 2 aromatic rings. The van der Waals surface area contributed by atoms with Gasteiger partial charge in [-0.1, -0.05) is 18.2 Å². The highest BCUT2D eigenvalue weighted by atomic mass is 16.5. The van der Waals surface area contributed by atoms with Gasteiger partial charge in [0, 0.05) is 6.42 Å². The maximum Gasteiger partial charge on any atom is 0.342 e. The van der Waals surface area contributed by atoms with Crippen LogP contribution in [0.3, 0.4) is 0 Å². The largest absolute Gasteiger partial charge is 0.451 e. The highest BCUT2D eigenvalue weighted by Crippen LogP contribution is 2.22. The third-order valence-electron chi connectivity index (χ3n) is 4.24. The number of ketones is 1. The molecule has 1 fully saturated rings. The van der Waals surface area contributed by atoms with Gasteiger partial charge in [0.2, 0.25) is 0 Å². The number of esters is 1. The standard InChI is InChI=1S/C18H20N2O3/c1-12-17(18(22)23-16-11-7-6-10-15(16)21)13(2)20(19-12)14-8-4-3-5-9-14/h3-5,8-9,16H,6-7,10-11H2,1-2H3/t16-/m0/s1. The van der Waals surface area contributed by atoms with E-state index in [1.54, 1.807) is 11.6 Å². The Morgan fingerprint density at radius 2 is 1.96 bits per heavy atom. The van der Waals surface area contributed by atoms with E-state index >= 15 is 0 Å². The molecular formula is C18H20N2O3. The quantitative estimate of drug-likeness (QED) is 0.817. The molecule has 1 aliphatic rings. The van der Waals surface area contributed by atoms with E-state index in [2.05, 4.69) is 5.10 Å². The molecule has 120 valence electrons. The number of rotatable bonds is 3. The summed E-state index contributed by atoms with van der Waals surface area (Å²) in [6.45, 7) is 3.62. The summed E-state index contributed by atoms with van der Waals surface area (Å²) >= 11 is 0. The number of hydrogen-bond donors (Lipinski definition) is 0. The van der Waals surface area contributed by atoms with Crippen LogP contribution in [0.2, 0.25) is 0 Å². The number of ether oxygens (including phenoxy) is 1. The van der Waals surface area contributed by atoms with Gasteiger partial charge in [-0.3, -0.25) is 4.79 Å². The molecule has 1 saturated carbocycles. The van der Waals surface area contributed by atoms with Crippen molar-refractivity contribution in [2.75, 3.05) is 0 Å². The molecule has 1 aromatic carbocycles. The van der Waals surface area contributed by atoms with Crippen molar-refractivity contribution in [1.82, 2.24) is 9.78 Å². The maximum atomic E-state index is 12.5. The third kappa shape index (κ3) is 3.04. The van der Waals surface area contributed by atoms with Crippen LogP contribution in [0, 0.1) is 13.8 Å². The zero-order chi connectivity index (χ0) is 16.4. The van der Waals surface area contributed by atoms with Crippen LogP contribution in [0.5, 0.6) is 0 Å². The first-order chi connectivity index (χ1) is 11.1. The molecular weight excluding hydrogens is 292 g/mol. The van der Waals surface area contributed by atoms with Crippen molar-refractivity contribution in [2.45, 2.75) is 45.6 Å². The fourth-order valence-corrected chi connectivity index (χ4v) is 3.02. The fraction of sp³-hybridized carbons (Fsp3) is 0.389. The van der Waals surface area contributed by atoms with Crippen LogP contribution in [-0.4, -0.2) is 27.6 Å². The van der Waals surface area contributed by atoms with Gasteiger partial charge in [-0.15, -0.1) is 0 Å². The predicted octanol–water partition coefficient (Wildman–Crippen LogP) is 3.16. The molecule has 3 rings (SSSR count). The van der Waals surface area contributed by atoms with Crippen molar-refractivity contribution in [3.8, 4) is 5.69 Å². The van der Waals surface area contributed by atoms with Crippen molar-refractivity contribution in [2.24, 2.45) is 0 Å². The minimum Gasteiger partial charge on any atom is -0.451 e. The van der Waals surface area contributed by atoms with Crippen molar-refractivity contribution in [3.05, 3.63) is 47.3 Å². The summed E-state index contributed by atoms with van der Waals surface area (Å²) in [5, 5.41) is 4.44. The van der Waals surface area contributed by atoms with E-state index in [1.807, 2.05) is 37.3 Å². The SMILES string of the molecule is Cc1nn(-c2ccccc2)c(C)c1C(=O)O[C@H]1CCCCC1=O. The van der Waals surface area contributed by atoms with E-state index < -0.39 is 12.1 Å². The number of hydrogen-bond acceptors (Lipinski definition) is 4. The van der Waals surface area contributed by atoms with Crippen LogP contribution >= 0.6 is 0 Å². The summed E-state index contributed by atoms with van der Waals surface area (Å²) in [6, 6.07) is 9.63. The van der Waals surface area contributed by atoms with Crippen molar-refractivity contribution in [3.63, 3.8) is 0 Å². The topological polar surface area (TPSA) is 61.2 Å². The Kier molecular flexibility index (Phi) is 4.28. The van der Waals surface area contributed by atoms with Crippen LogP contribution in [0.1, 0.15) is 47.4 Å². The number of carbonyl (C=O) groups is 2. The highest BCUT2D eigenvalue weighted by molar-refractivity contribution is 5.94. The molecule has 0 N–H and O–H groups in total. The second-order valence-electron chi connectivity index (χ2n) is 5.90. The summed E-state index contributed by atoms with van der Waals surface area (Å²) in [4.78, 5) is 24.4. The summed E-state index contributed by atoms with van der Waals surface area (Å²) in [5.41, 5.74) is 2.68. The molecule has 0 bridgehead atoms. The van der Waals surface area contributed by atoms with Gasteiger partial charge in [0.1, 0.15) is 5.56 Å². The van der Waals surface area contributed by atoms with Gasteiger partial charge in [-0.25, -0.2) is 9.48 Å². The van der Waals surface area contributed by atoms with Crippen molar-refractivity contribution < 1.29 is 14.3 Å². The van der Waals surface area contributed by atoms with Gasteiger partial charge < -0.3 is 4.74 Å². The Balaban J connectivity index is 1.86. The average molecular weight is 312 g/mol. The van der Waals surface area contributed by atoms with Gasteiger partial charge in [0.05, 0.1) is 17.1 Å². The molecule has 1 aromatic heterocycles. The van der Waals surface area contributed by atoms with E-state index in [0.29, 0.717) is 24.1 Å². The average Bonchev–Trinajstić information content (AvgIpc) is 2.85. The molecule has 0 saturated heterocycles. The molecule has 0 aliphatic heterocycles. The van der Waals surface area contributed by atoms with Crippen LogP contribution in [0.15, 0.2) is 30.3 Å². The smallest absolute Gasteiger partial charge is 0.342 e. The summed E-state index contributed by atoms with van der Waals surface area (Å²) in [7, 11) is 0. The number of para-hydroxylation sites is 1. The minimum absolute atomic E-state index is 0.0235. The first kappa shape index (κ1) is 15.5. The van der Waals surface area contributed by atoms with Crippen molar-refractivity contribution >= 4 is 11.8 Å². The Labute approximate surface area is 135 Å². The van der Waals surface area contributed by atoms with Crippen LogP contribution < -0.4 is 0 Å². The van der Waals surface area contributed by atoms with E-state index in [-0.39, 0.29) is 5.78 Å². The lowest BCUT2D eigenvalue weighted by atomic mass is 9.96. The van der Waals surface area contributed by atoms with E-state index in [9.17, 15) is 9.59 Å². The first-order valence-electron chi connectivity index (χ1n) is 7.93. The molecule has 1 atom stereocenters. The lowest BCUT2D eigenvalue weighted by Crippen LogP contribution is -2.30. The van der Waals surface area contributed by atoms with E-state index in [4.69, 9.17) is 4.74 Å².